The van der Waals surface area contributed by atoms with Crippen molar-refractivity contribution in [1.29, 1.82) is 0 Å². The van der Waals surface area contributed by atoms with Crippen molar-refractivity contribution in [2.24, 2.45) is 11.8 Å². The number of rotatable bonds is 4. The van der Waals surface area contributed by atoms with Crippen LogP contribution < -0.4 is 10.2 Å². The van der Waals surface area contributed by atoms with Crippen molar-refractivity contribution < 1.29 is 14.4 Å². The number of carbonyl (C=O) groups excluding carboxylic acids is 3. The van der Waals surface area contributed by atoms with E-state index < -0.39 is 0 Å². The smallest absolute Gasteiger partial charge is 0.244 e. The molecule has 3 aliphatic rings. The molecule has 0 unspecified atom stereocenters. The number of benzene rings is 1. The fourth-order valence-electron chi connectivity index (χ4n) is 4.74. The zero-order valence-electron chi connectivity index (χ0n) is 16.0. The van der Waals surface area contributed by atoms with Gasteiger partial charge in [-0.05, 0) is 50.3 Å². The minimum absolute atomic E-state index is 0.188. The first-order valence-electron chi connectivity index (χ1n) is 10.2. The molecule has 3 amide bonds. The predicted molar refractivity (Wildman–Crippen MR) is 108 cm³/mol. The first-order chi connectivity index (χ1) is 13.5. The highest BCUT2D eigenvalue weighted by Crippen LogP contribution is 2.38. The van der Waals surface area contributed by atoms with Crippen LogP contribution in [0.1, 0.15) is 44.9 Å². The van der Waals surface area contributed by atoms with Gasteiger partial charge in [-0.2, -0.15) is 0 Å². The third kappa shape index (κ3) is 3.75. The van der Waals surface area contributed by atoms with Crippen LogP contribution in [0.4, 0.5) is 11.4 Å². The number of amides is 3. The fourth-order valence-corrected chi connectivity index (χ4v) is 4.91. The van der Waals surface area contributed by atoms with Crippen LogP contribution in [-0.2, 0) is 14.4 Å². The number of nitrogens with zero attached hydrogens (tertiary/aromatic N) is 2. The van der Waals surface area contributed by atoms with Crippen LogP contribution in [0.5, 0.6) is 0 Å². The van der Waals surface area contributed by atoms with E-state index in [9.17, 15) is 14.4 Å². The van der Waals surface area contributed by atoms with E-state index in [2.05, 4.69) is 10.2 Å². The van der Waals surface area contributed by atoms with Gasteiger partial charge in [-0.15, -0.1) is 0 Å². The van der Waals surface area contributed by atoms with E-state index >= 15 is 0 Å². The maximum atomic E-state index is 12.7. The summed E-state index contributed by atoms with van der Waals surface area (Å²) in [5, 5.41) is 3.42. The molecule has 1 aromatic carbocycles. The molecular formula is C21H26ClN3O3. The Kier molecular flexibility index (Phi) is 5.58. The Morgan fingerprint density at radius 3 is 2.29 bits per heavy atom. The maximum Gasteiger partial charge on any atom is 0.244 e. The van der Waals surface area contributed by atoms with Crippen molar-refractivity contribution in [1.82, 2.24) is 4.90 Å². The number of fused-ring (bicyclic) bond motifs is 1. The topological polar surface area (TPSA) is 69.7 Å². The average Bonchev–Trinajstić information content (AvgIpc) is 2.94. The Balaban J connectivity index is 1.47. The molecule has 2 saturated heterocycles. The minimum atomic E-state index is -0.360. The predicted octanol–water partition coefficient (Wildman–Crippen LogP) is 3.44. The molecule has 0 bridgehead atoms. The van der Waals surface area contributed by atoms with Crippen LogP contribution in [-0.4, -0.2) is 42.3 Å². The molecule has 0 radical (unpaired) electrons. The number of carbonyl (C=O) groups is 3. The number of halogens is 1. The van der Waals surface area contributed by atoms with Crippen LogP contribution in [0.2, 0.25) is 5.02 Å². The van der Waals surface area contributed by atoms with Gasteiger partial charge in [0.05, 0.1) is 23.2 Å². The van der Waals surface area contributed by atoms with Gasteiger partial charge in [0.25, 0.3) is 0 Å². The minimum Gasteiger partial charge on any atom is -0.370 e. The van der Waals surface area contributed by atoms with Gasteiger partial charge < -0.3 is 10.2 Å². The quantitative estimate of drug-likeness (QED) is 0.782. The van der Waals surface area contributed by atoms with E-state index in [-0.39, 0.29) is 36.1 Å². The first kappa shape index (κ1) is 19.2. The van der Waals surface area contributed by atoms with Crippen molar-refractivity contribution in [2.75, 3.05) is 29.9 Å². The molecule has 7 heteroatoms. The van der Waals surface area contributed by atoms with Gasteiger partial charge >= 0.3 is 0 Å². The van der Waals surface area contributed by atoms with Crippen molar-refractivity contribution in [3.63, 3.8) is 0 Å². The molecule has 3 fully saturated rings. The number of piperidine rings is 1. The lowest BCUT2D eigenvalue weighted by Gasteiger charge is -2.30. The largest absolute Gasteiger partial charge is 0.370 e. The summed E-state index contributed by atoms with van der Waals surface area (Å²) in [6.45, 7) is 1.66. The van der Waals surface area contributed by atoms with Gasteiger partial charge in [-0.3, -0.25) is 19.3 Å². The lowest BCUT2D eigenvalue weighted by atomic mass is 9.81. The van der Waals surface area contributed by atoms with Crippen molar-refractivity contribution in [2.45, 2.75) is 44.9 Å². The number of likely N-dealkylation sites (tertiary alicyclic amines) is 1. The van der Waals surface area contributed by atoms with Crippen LogP contribution >= 0.6 is 11.6 Å². The molecule has 0 spiro atoms. The third-order valence-electron chi connectivity index (χ3n) is 6.16. The lowest BCUT2D eigenvalue weighted by molar-refractivity contribution is -0.142. The molecule has 1 saturated carbocycles. The molecule has 2 aliphatic heterocycles. The van der Waals surface area contributed by atoms with Crippen LogP contribution in [0.25, 0.3) is 0 Å². The van der Waals surface area contributed by atoms with E-state index in [1.165, 1.54) is 6.42 Å². The van der Waals surface area contributed by atoms with Gasteiger partial charge in [0, 0.05) is 18.1 Å². The Labute approximate surface area is 170 Å². The molecule has 150 valence electrons. The molecule has 1 aliphatic carbocycles. The number of hydrogen-bond acceptors (Lipinski definition) is 4. The SMILES string of the molecule is O=C(CN1C(=O)[C@@H]2CCCC[C@H]2C1=O)Nc1cc(Cl)ccc1N1CCCCC1. The third-order valence-corrected chi connectivity index (χ3v) is 6.40. The number of nitrogens with one attached hydrogen (secondary N) is 1. The summed E-state index contributed by atoms with van der Waals surface area (Å²) in [6.07, 6.45) is 6.91. The van der Waals surface area contributed by atoms with Crippen molar-refractivity contribution >= 4 is 40.7 Å². The molecule has 1 N–H and O–H groups in total. The lowest BCUT2D eigenvalue weighted by Crippen LogP contribution is -2.38. The second kappa shape index (κ2) is 8.11. The second-order valence-corrected chi connectivity index (χ2v) is 8.45. The summed E-state index contributed by atoms with van der Waals surface area (Å²) in [5.41, 5.74) is 1.57. The van der Waals surface area contributed by atoms with E-state index in [1.54, 1.807) is 6.07 Å². The molecular weight excluding hydrogens is 378 g/mol. The standard InChI is InChI=1S/C21H26ClN3O3/c22-14-8-9-18(24-10-4-1-5-11-24)17(12-14)23-19(26)13-25-20(27)15-6-2-3-7-16(15)21(25)28/h8-9,12,15-16H,1-7,10-11,13H2,(H,23,26)/t15-,16-/m1/s1. The Morgan fingerprint density at radius 2 is 1.64 bits per heavy atom. The molecule has 6 nitrogen and oxygen atoms in total. The second-order valence-electron chi connectivity index (χ2n) is 8.02. The Bertz CT molecular complexity index is 767. The average molecular weight is 404 g/mol. The molecule has 4 rings (SSSR count). The normalized spacial score (nSPS) is 25.0. The van der Waals surface area contributed by atoms with Gasteiger partial charge in [-0.1, -0.05) is 24.4 Å². The van der Waals surface area contributed by atoms with Gasteiger partial charge in [0.2, 0.25) is 17.7 Å². The summed E-state index contributed by atoms with van der Waals surface area (Å²) in [5.74, 6) is -1.20. The fraction of sp³-hybridized carbons (Fsp3) is 0.571. The molecule has 2 atom stereocenters. The summed E-state index contributed by atoms with van der Waals surface area (Å²) in [6, 6.07) is 5.47. The van der Waals surface area contributed by atoms with Gasteiger partial charge in [-0.25, -0.2) is 0 Å². The van der Waals surface area contributed by atoms with E-state index in [4.69, 9.17) is 11.6 Å². The number of hydrogen-bond donors (Lipinski definition) is 1. The highest BCUT2D eigenvalue weighted by molar-refractivity contribution is 6.31. The van der Waals surface area contributed by atoms with Crippen LogP contribution in [0, 0.1) is 11.8 Å². The van der Waals surface area contributed by atoms with E-state index in [0.29, 0.717) is 10.7 Å². The van der Waals surface area contributed by atoms with Crippen molar-refractivity contribution in [3.05, 3.63) is 23.2 Å². The van der Waals surface area contributed by atoms with E-state index in [0.717, 1.165) is 62.2 Å². The number of imide groups is 1. The summed E-state index contributed by atoms with van der Waals surface area (Å²) < 4.78 is 0. The van der Waals surface area contributed by atoms with Crippen LogP contribution in [0.15, 0.2) is 18.2 Å². The monoisotopic (exact) mass is 403 g/mol. The highest BCUT2D eigenvalue weighted by atomic mass is 35.5. The van der Waals surface area contributed by atoms with E-state index in [1.807, 2.05) is 12.1 Å². The van der Waals surface area contributed by atoms with Gasteiger partial charge in [0.1, 0.15) is 6.54 Å². The summed E-state index contributed by atoms with van der Waals surface area (Å²) in [4.78, 5) is 41.3. The van der Waals surface area contributed by atoms with Crippen molar-refractivity contribution in [3.8, 4) is 0 Å². The molecule has 2 heterocycles. The maximum absolute atomic E-state index is 12.7. The summed E-state index contributed by atoms with van der Waals surface area (Å²) >= 11 is 6.15. The molecule has 0 aromatic heterocycles. The summed E-state index contributed by atoms with van der Waals surface area (Å²) in [7, 11) is 0. The molecule has 1 aromatic rings. The first-order valence-corrected chi connectivity index (χ1v) is 10.6. The molecule has 28 heavy (non-hydrogen) atoms. The Morgan fingerprint density at radius 1 is 1.00 bits per heavy atom. The van der Waals surface area contributed by atoms with Gasteiger partial charge in [0.15, 0.2) is 0 Å². The van der Waals surface area contributed by atoms with Crippen LogP contribution in [0.3, 0.4) is 0 Å². The zero-order valence-corrected chi connectivity index (χ0v) is 16.7. The zero-order chi connectivity index (χ0) is 19.7. The highest BCUT2D eigenvalue weighted by Gasteiger charge is 2.48. The Hall–Kier alpha value is -2.08. The number of anilines is 2.